The van der Waals surface area contributed by atoms with Crippen molar-refractivity contribution in [3.63, 3.8) is 0 Å². The standard InChI is InChI=1S/C22H30FN5/c1-24-21(28-12-9-17(15-28)18-13-26-27(2)14-18)25-16-22(10-3-4-11-22)19-5-7-20(23)8-6-19/h5-8,13-14,17H,3-4,9-12,15-16H2,1-2H3,(H,24,25). The Morgan fingerprint density at radius 2 is 2.04 bits per heavy atom. The summed E-state index contributed by atoms with van der Waals surface area (Å²) in [4.78, 5) is 6.91. The molecular formula is C22H30FN5. The molecule has 1 aromatic carbocycles. The van der Waals surface area contributed by atoms with Gasteiger partial charge in [-0.05, 0) is 42.5 Å². The van der Waals surface area contributed by atoms with Gasteiger partial charge in [-0.3, -0.25) is 9.67 Å². The van der Waals surface area contributed by atoms with E-state index in [4.69, 9.17) is 0 Å². The molecule has 28 heavy (non-hydrogen) atoms. The lowest BCUT2D eigenvalue weighted by Crippen LogP contribution is -2.46. The maximum absolute atomic E-state index is 13.4. The average molecular weight is 384 g/mol. The molecule has 1 unspecified atom stereocenters. The number of nitrogens with one attached hydrogen (secondary N) is 1. The van der Waals surface area contributed by atoms with Crippen LogP contribution in [-0.2, 0) is 12.5 Å². The fourth-order valence-corrected chi connectivity index (χ4v) is 4.88. The van der Waals surface area contributed by atoms with E-state index in [1.54, 1.807) is 12.1 Å². The highest BCUT2D eigenvalue weighted by atomic mass is 19.1. The maximum Gasteiger partial charge on any atom is 0.193 e. The third kappa shape index (κ3) is 3.77. The first kappa shape index (κ1) is 19.0. The van der Waals surface area contributed by atoms with Gasteiger partial charge in [0, 0.05) is 51.3 Å². The normalized spacial score (nSPS) is 22.0. The second-order valence-corrected chi connectivity index (χ2v) is 8.27. The SMILES string of the molecule is CN=C(NCC1(c2ccc(F)cc2)CCCC1)N1CCC(c2cnn(C)c2)C1. The summed E-state index contributed by atoms with van der Waals surface area (Å²) in [5.74, 6) is 1.31. The fourth-order valence-electron chi connectivity index (χ4n) is 4.88. The quantitative estimate of drug-likeness (QED) is 0.650. The Labute approximate surface area is 166 Å². The summed E-state index contributed by atoms with van der Waals surface area (Å²) in [6.45, 7) is 2.82. The Balaban J connectivity index is 1.43. The van der Waals surface area contributed by atoms with Crippen LogP contribution in [0.25, 0.3) is 0 Å². The fraction of sp³-hybridized carbons (Fsp3) is 0.545. The van der Waals surface area contributed by atoms with Gasteiger partial charge in [-0.1, -0.05) is 25.0 Å². The minimum absolute atomic E-state index is 0.0755. The van der Waals surface area contributed by atoms with Gasteiger partial charge < -0.3 is 10.2 Å². The third-order valence-electron chi connectivity index (χ3n) is 6.50. The molecule has 1 N–H and O–H groups in total. The van der Waals surface area contributed by atoms with E-state index in [1.165, 1.54) is 24.0 Å². The summed E-state index contributed by atoms with van der Waals surface area (Å²) in [6.07, 6.45) is 9.95. The summed E-state index contributed by atoms with van der Waals surface area (Å²) in [7, 11) is 3.83. The molecule has 0 bridgehead atoms. The first-order valence-electron chi connectivity index (χ1n) is 10.3. The zero-order valence-corrected chi connectivity index (χ0v) is 16.9. The van der Waals surface area contributed by atoms with Crippen LogP contribution in [0.2, 0.25) is 0 Å². The van der Waals surface area contributed by atoms with Gasteiger partial charge in [0.05, 0.1) is 6.20 Å². The molecule has 2 fully saturated rings. The lowest BCUT2D eigenvalue weighted by molar-refractivity contribution is 0.411. The van der Waals surface area contributed by atoms with Crippen molar-refractivity contribution < 1.29 is 4.39 Å². The van der Waals surface area contributed by atoms with Crippen LogP contribution in [0.3, 0.4) is 0 Å². The molecule has 5 nitrogen and oxygen atoms in total. The number of aryl methyl sites for hydroxylation is 1. The predicted molar refractivity (Wildman–Crippen MR) is 110 cm³/mol. The molecular weight excluding hydrogens is 353 g/mol. The number of hydrogen-bond acceptors (Lipinski definition) is 2. The first-order chi connectivity index (χ1) is 13.6. The van der Waals surface area contributed by atoms with Crippen molar-refractivity contribution >= 4 is 5.96 Å². The number of aliphatic imine (C=N–C) groups is 1. The van der Waals surface area contributed by atoms with Gasteiger partial charge in [0.25, 0.3) is 0 Å². The van der Waals surface area contributed by atoms with E-state index in [2.05, 4.69) is 26.5 Å². The second-order valence-electron chi connectivity index (χ2n) is 8.27. The Kier molecular flexibility index (Phi) is 5.38. The molecule has 2 heterocycles. The summed E-state index contributed by atoms with van der Waals surface area (Å²) < 4.78 is 15.3. The summed E-state index contributed by atoms with van der Waals surface area (Å²) in [5.41, 5.74) is 2.62. The zero-order valence-electron chi connectivity index (χ0n) is 16.9. The van der Waals surface area contributed by atoms with Crippen LogP contribution >= 0.6 is 0 Å². The van der Waals surface area contributed by atoms with Crippen molar-refractivity contribution in [1.29, 1.82) is 0 Å². The number of halogens is 1. The minimum atomic E-state index is -0.167. The minimum Gasteiger partial charge on any atom is -0.355 e. The van der Waals surface area contributed by atoms with Crippen LogP contribution in [-0.4, -0.2) is 47.3 Å². The van der Waals surface area contributed by atoms with E-state index in [1.807, 2.05) is 37.1 Å². The van der Waals surface area contributed by atoms with Crippen molar-refractivity contribution in [2.24, 2.45) is 12.0 Å². The van der Waals surface area contributed by atoms with Crippen LogP contribution in [0.4, 0.5) is 4.39 Å². The Morgan fingerprint density at radius 3 is 2.68 bits per heavy atom. The number of hydrogen-bond donors (Lipinski definition) is 1. The van der Waals surface area contributed by atoms with Crippen LogP contribution < -0.4 is 5.32 Å². The Morgan fingerprint density at radius 1 is 1.29 bits per heavy atom. The van der Waals surface area contributed by atoms with Crippen LogP contribution in [0, 0.1) is 5.82 Å². The topological polar surface area (TPSA) is 45.5 Å². The lowest BCUT2D eigenvalue weighted by atomic mass is 9.79. The van der Waals surface area contributed by atoms with E-state index in [0.717, 1.165) is 44.9 Å². The number of guanidine groups is 1. The van der Waals surface area contributed by atoms with Gasteiger partial charge in [0.2, 0.25) is 0 Å². The monoisotopic (exact) mass is 383 g/mol. The molecule has 0 spiro atoms. The van der Waals surface area contributed by atoms with Crippen LogP contribution in [0.15, 0.2) is 41.7 Å². The number of rotatable bonds is 4. The molecule has 1 atom stereocenters. The zero-order chi connectivity index (χ0) is 19.6. The van der Waals surface area contributed by atoms with E-state index in [0.29, 0.717) is 5.92 Å². The van der Waals surface area contributed by atoms with Gasteiger partial charge in [-0.2, -0.15) is 5.10 Å². The number of aromatic nitrogens is 2. The number of benzene rings is 1. The largest absolute Gasteiger partial charge is 0.355 e. The summed E-state index contributed by atoms with van der Waals surface area (Å²) in [6, 6.07) is 7.09. The highest BCUT2D eigenvalue weighted by Gasteiger charge is 2.36. The molecule has 1 saturated carbocycles. The molecule has 1 aliphatic heterocycles. The molecule has 0 radical (unpaired) electrons. The average Bonchev–Trinajstić information content (AvgIpc) is 3.44. The molecule has 2 aromatic rings. The van der Waals surface area contributed by atoms with Crippen molar-refractivity contribution in [2.45, 2.75) is 43.4 Å². The second kappa shape index (κ2) is 7.94. The van der Waals surface area contributed by atoms with E-state index < -0.39 is 0 Å². The van der Waals surface area contributed by atoms with Crippen molar-refractivity contribution in [3.8, 4) is 0 Å². The third-order valence-corrected chi connectivity index (χ3v) is 6.50. The smallest absolute Gasteiger partial charge is 0.193 e. The van der Waals surface area contributed by atoms with Crippen molar-refractivity contribution in [3.05, 3.63) is 53.6 Å². The first-order valence-corrected chi connectivity index (χ1v) is 10.3. The Hall–Kier alpha value is -2.37. The molecule has 4 rings (SSSR count). The molecule has 1 aromatic heterocycles. The van der Waals surface area contributed by atoms with Gasteiger partial charge in [-0.25, -0.2) is 4.39 Å². The molecule has 2 aliphatic rings. The lowest BCUT2D eigenvalue weighted by Gasteiger charge is -2.32. The summed E-state index contributed by atoms with van der Waals surface area (Å²) >= 11 is 0. The van der Waals surface area contributed by atoms with Gasteiger partial charge >= 0.3 is 0 Å². The summed E-state index contributed by atoms with van der Waals surface area (Å²) in [5, 5.41) is 7.96. The van der Waals surface area contributed by atoms with Gasteiger partial charge in [0.15, 0.2) is 5.96 Å². The predicted octanol–water partition coefficient (Wildman–Crippen LogP) is 3.44. The van der Waals surface area contributed by atoms with Gasteiger partial charge in [-0.15, -0.1) is 0 Å². The molecule has 150 valence electrons. The number of likely N-dealkylation sites (tertiary alicyclic amines) is 1. The Bertz CT molecular complexity index is 820. The van der Waals surface area contributed by atoms with E-state index in [9.17, 15) is 4.39 Å². The maximum atomic E-state index is 13.4. The molecule has 1 saturated heterocycles. The molecule has 1 aliphatic carbocycles. The van der Waals surface area contributed by atoms with Crippen molar-refractivity contribution in [2.75, 3.05) is 26.7 Å². The number of nitrogens with zero attached hydrogens (tertiary/aromatic N) is 4. The van der Waals surface area contributed by atoms with E-state index >= 15 is 0 Å². The molecule has 6 heteroatoms. The van der Waals surface area contributed by atoms with Crippen LogP contribution in [0.5, 0.6) is 0 Å². The van der Waals surface area contributed by atoms with E-state index in [-0.39, 0.29) is 11.2 Å². The van der Waals surface area contributed by atoms with Crippen molar-refractivity contribution in [1.82, 2.24) is 20.0 Å². The van der Waals surface area contributed by atoms with Crippen LogP contribution in [0.1, 0.15) is 49.1 Å². The molecule has 0 amide bonds. The highest BCUT2D eigenvalue weighted by Crippen LogP contribution is 2.40. The van der Waals surface area contributed by atoms with Gasteiger partial charge in [0.1, 0.15) is 5.82 Å². The highest BCUT2D eigenvalue weighted by molar-refractivity contribution is 5.80.